The van der Waals surface area contributed by atoms with Gasteiger partial charge in [-0.1, -0.05) is 6.58 Å². The van der Waals surface area contributed by atoms with Crippen LogP contribution in [0.25, 0.3) is 0 Å². The van der Waals surface area contributed by atoms with E-state index in [0.29, 0.717) is 56.0 Å². The lowest BCUT2D eigenvalue weighted by Gasteiger charge is -2.34. The van der Waals surface area contributed by atoms with Gasteiger partial charge in [-0.3, -0.25) is 9.59 Å². The van der Waals surface area contributed by atoms with Crippen molar-refractivity contribution in [2.24, 2.45) is 5.41 Å². The summed E-state index contributed by atoms with van der Waals surface area (Å²) in [6.07, 6.45) is 0.739. The highest BCUT2D eigenvalue weighted by atomic mass is 16.7. The Morgan fingerprint density at radius 2 is 1.13 bits per heavy atom. The van der Waals surface area contributed by atoms with Crippen LogP contribution in [-0.4, -0.2) is 99.0 Å². The van der Waals surface area contributed by atoms with Gasteiger partial charge >= 0.3 is 11.9 Å². The van der Waals surface area contributed by atoms with E-state index in [4.69, 9.17) is 42.6 Å². The third kappa shape index (κ3) is 20.7. The van der Waals surface area contributed by atoms with Crippen LogP contribution in [0.15, 0.2) is 36.4 Å². The van der Waals surface area contributed by atoms with E-state index in [1.165, 1.54) is 0 Å². The SMILES string of the molecule is C=C(C)C(=O)OCCOCCOC(C)OC(C)(C)C(=O)c1ccc(OCCC(C)(C)OC(C)OC(C)(C)CCOCCC(C)(C)OC(=O)C(C)(C)C)cc1. The van der Waals surface area contributed by atoms with Crippen molar-refractivity contribution in [3.63, 3.8) is 0 Å². The van der Waals surface area contributed by atoms with Crippen molar-refractivity contribution >= 4 is 17.7 Å². The Kier molecular flexibility index (Phi) is 20.0. The molecule has 54 heavy (non-hydrogen) atoms. The highest BCUT2D eigenvalue weighted by molar-refractivity contribution is 6.02. The molecule has 1 aromatic carbocycles. The number of carbonyl (C=O) groups excluding carboxylic acids is 3. The van der Waals surface area contributed by atoms with E-state index in [1.807, 2.05) is 69.2 Å². The smallest absolute Gasteiger partial charge is 0.333 e. The number of hydrogen-bond acceptors (Lipinski definition) is 12. The van der Waals surface area contributed by atoms with Crippen LogP contribution in [0.1, 0.15) is 127 Å². The topological polar surface area (TPSA) is 134 Å². The monoisotopic (exact) mass is 766 g/mol. The minimum Gasteiger partial charge on any atom is -0.493 e. The molecule has 0 N–H and O–H groups in total. The Hall–Kier alpha value is -2.87. The van der Waals surface area contributed by atoms with Crippen LogP contribution >= 0.6 is 0 Å². The van der Waals surface area contributed by atoms with Gasteiger partial charge in [-0.2, -0.15) is 0 Å². The average molecular weight is 767 g/mol. The second kappa shape index (κ2) is 22.0. The van der Waals surface area contributed by atoms with Crippen molar-refractivity contribution in [1.29, 1.82) is 0 Å². The Balaban J connectivity index is 2.42. The van der Waals surface area contributed by atoms with Gasteiger partial charge in [0.2, 0.25) is 0 Å². The molecule has 0 saturated carbocycles. The molecule has 12 nitrogen and oxygen atoms in total. The molecule has 0 heterocycles. The van der Waals surface area contributed by atoms with Gasteiger partial charge in [0.1, 0.15) is 23.6 Å². The molecule has 0 spiro atoms. The molecule has 2 unspecified atom stereocenters. The van der Waals surface area contributed by atoms with Gasteiger partial charge in [0.25, 0.3) is 0 Å². The molecule has 0 bridgehead atoms. The van der Waals surface area contributed by atoms with E-state index in [2.05, 4.69) is 6.58 Å². The Morgan fingerprint density at radius 1 is 0.630 bits per heavy atom. The summed E-state index contributed by atoms with van der Waals surface area (Å²) < 4.78 is 51.9. The van der Waals surface area contributed by atoms with E-state index in [9.17, 15) is 14.4 Å². The molecule has 0 aromatic heterocycles. The van der Waals surface area contributed by atoms with E-state index in [-0.39, 0.29) is 38.2 Å². The van der Waals surface area contributed by atoms with Crippen molar-refractivity contribution in [3.05, 3.63) is 42.0 Å². The summed E-state index contributed by atoms with van der Waals surface area (Å²) in [7, 11) is 0. The maximum atomic E-state index is 13.3. The van der Waals surface area contributed by atoms with Gasteiger partial charge < -0.3 is 42.6 Å². The summed E-state index contributed by atoms with van der Waals surface area (Å²) in [5, 5.41) is 0. The molecule has 0 saturated heterocycles. The van der Waals surface area contributed by atoms with Crippen molar-refractivity contribution in [3.8, 4) is 5.75 Å². The first kappa shape index (κ1) is 49.1. The number of esters is 2. The summed E-state index contributed by atoms with van der Waals surface area (Å²) in [4.78, 5) is 36.9. The highest BCUT2D eigenvalue weighted by Crippen LogP contribution is 2.26. The Labute approximate surface area is 324 Å². The molecule has 0 aliphatic heterocycles. The first-order valence-corrected chi connectivity index (χ1v) is 18.9. The summed E-state index contributed by atoms with van der Waals surface area (Å²) in [6, 6.07) is 6.96. The van der Waals surface area contributed by atoms with E-state index in [1.54, 1.807) is 52.0 Å². The molecule has 0 amide bonds. The van der Waals surface area contributed by atoms with Crippen molar-refractivity contribution in [1.82, 2.24) is 0 Å². The standard InChI is InChI=1S/C42H70O12/c1-30(2)36(44)50-29-27-47-26-28-48-31(3)53-42(14,15)35(43)33-16-18-34(19-17-33)49-25-22-40(10,11)52-32(4)51-39(8,9)20-23-46-24-21-41(12,13)54-37(45)38(5,6)7/h16-19,31-32H,1,20-29H2,2-15H3. The summed E-state index contributed by atoms with van der Waals surface area (Å²) >= 11 is 0. The van der Waals surface area contributed by atoms with Gasteiger partial charge in [0.15, 0.2) is 18.4 Å². The summed E-state index contributed by atoms with van der Waals surface area (Å²) in [5.41, 5.74) is -2.48. The lowest BCUT2D eigenvalue weighted by Crippen LogP contribution is -2.39. The molecule has 2 atom stereocenters. The summed E-state index contributed by atoms with van der Waals surface area (Å²) in [5.74, 6) is -0.241. The molecule has 0 aliphatic carbocycles. The van der Waals surface area contributed by atoms with E-state index >= 15 is 0 Å². The second-order valence-electron chi connectivity index (χ2n) is 16.9. The number of benzene rings is 1. The molecule has 0 aliphatic rings. The van der Waals surface area contributed by atoms with Gasteiger partial charge in [0.05, 0.1) is 49.7 Å². The van der Waals surface area contributed by atoms with E-state index < -0.39 is 46.4 Å². The van der Waals surface area contributed by atoms with Crippen molar-refractivity contribution < 1.29 is 57.0 Å². The number of rotatable bonds is 27. The zero-order chi connectivity index (χ0) is 41.4. The zero-order valence-corrected chi connectivity index (χ0v) is 35.6. The highest BCUT2D eigenvalue weighted by Gasteiger charge is 2.33. The average Bonchev–Trinajstić information content (AvgIpc) is 3.02. The Bertz CT molecular complexity index is 1310. The van der Waals surface area contributed by atoms with Crippen molar-refractivity contribution in [2.75, 3.05) is 46.2 Å². The third-order valence-electron chi connectivity index (χ3n) is 8.13. The fourth-order valence-electron chi connectivity index (χ4n) is 4.89. The van der Waals surface area contributed by atoms with Crippen LogP contribution in [-0.2, 0) is 47.5 Å². The molecular weight excluding hydrogens is 696 g/mol. The fourth-order valence-corrected chi connectivity index (χ4v) is 4.89. The largest absolute Gasteiger partial charge is 0.493 e. The first-order chi connectivity index (χ1) is 24.8. The number of ketones is 1. The van der Waals surface area contributed by atoms with Gasteiger partial charge in [-0.05, 0) is 128 Å². The van der Waals surface area contributed by atoms with Crippen LogP contribution in [0.5, 0.6) is 5.75 Å². The molecule has 12 heteroatoms. The van der Waals surface area contributed by atoms with Gasteiger partial charge in [0, 0.05) is 30.6 Å². The third-order valence-corrected chi connectivity index (χ3v) is 8.13. The zero-order valence-electron chi connectivity index (χ0n) is 35.6. The molecule has 1 rings (SSSR count). The molecule has 0 radical (unpaired) electrons. The Morgan fingerprint density at radius 3 is 1.67 bits per heavy atom. The van der Waals surface area contributed by atoms with Crippen LogP contribution in [0.4, 0.5) is 0 Å². The molecule has 310 valence electrons. The predicted octanol–water partition coefficient (Wildman–Crippen LogP) is 8.03. The number of hydrogen-bond donors (Lipinski definition) is 0. The normalized spacial score (nSPS) is 14.0. The lowest BCUT2D eigenvalue weighted by molar-refractivity contribution is -0.238. The first-order valence-electron chi connectivity index (χ1n) is 18.9. The maximum absolute atomic E-state index is 13.3. The maximum Gasteiger partial charge on any atom is 0.333 e. The quantitative estimate of drug-likeness (QED) is 0.0282. The summed E-state index contributed by atoms with van der Waals surface area (Å²) in [6.45, 7) is 31.7. The second-order valence-corrected chi connectivity index (χ2v) is 16.9. The van der Waals surface area contributed by atoms with Crippen LogP contribution < -0.4 is 4.74 Å². The lowest BCUT2D eigenvalue weighted by atomic mass is 9.96. The number of Topliss-reactive ketones (excluding diaryl/α,β-unsaturated/α-hetero) is 1. The van der Waals surface area contributed by atoms with E-state index in [0.717, 1.165) is 0 Å². The minimum atomic E-state index is -1.14. The van der Waals surface area contributed by atoms with Gasteiger partial charge in [-0.15, -0.1) is 0 Å². The van der Waals surface area contributed by atoms with Crippen LogP contribution in [0.2, 0.25) is 0 Å². The molecule has 0 fully saturated rings. The van der Waals surface area contributed by atoms with Crippen LogP contribution in [0.3, 0.4) is 0 Å². The predicted molar refractivity (Wildman–Crippen MR) is 208 cm³/mol. The fraction of sp³-hybridized carbons (Fsp3) is 0.738. The molecular formula is C42H70O12. The number of carbonyl (C=O) groups is 3. The molecule has 1 aromatic rings. The van der Waals surface area contributed by atoms with Crippen LogP contribution in [0, 0.1) is 5.41 Å². The van der Waals surface area contributed by atoms with Crippen molar-refractivity contribution in [2.45, 2.75) is 151 Å². The van der Waals surface area contributed by atoms with Gasteiger partial charge in [-0.25, -0.2) is 4.79 Å². The minimum absolute atomic E-state index is 0.128. The number of ether oxygens (including phenoxy) is 9.